The highest BCUT2D eigenvalue weighted by atomic mass is 16.5. The minimum atomic E-state index is 0.109. The van der Waals surface area contributed by atoms with Crippen LogP contribution in [0.25, 0.3) is 0 Å². The highest BCUT2D eigenvalue weighted by Gasteiger charge is 2.25. The van der Waals surface area contributed by atoms with Crippen LogP contribution in [0.1, 0.15) is 23.6 Å². The number of aromatic nitrogens is 2. The van der Waals surface area contributed by atoms with Crippen LogP contribution >= 0.6 is 0 Å². The van der Waals surface area contributed by atoms with Crippen molar-refractivity contribution in [3.8, 4) is 5.75 Å². The molecule has 1 amide bonds. The van der Waals surface area contributed by atoms with Gasteiger partial charge in [-0.2, -0.15) is 0 Å². The second kappa shape index (κ2) is 6.82. The summed E-state index contributed by atoms with van der Waals surface area (Å²) in [6, 6.07) is 8.28. The number of amides is 1. The first kappa shape index (κ1) is 16.6. The Hall–Kier alpha value is -2.83. The van der Waals surface area contributed by atoms with Gasteiger partial charge in [0.2, 0.25) is 5.91 Å². The van der Waals surface area contributed by atoms with Gasteiger partial charge >= 0.3 is 0 Å². The van der Waals surface area contributed by atoms with E-state index in [1.807, 2.05) is 18.0 Å². The number of ether oxygens (including phenoxy) is 1. The van der Waals surface area contributed by atoms with Gasteiger partial charge in [-0.05, 0) is 12.5 Å². The predicted octanol–water partition coefficient (Wildman–Crippen LogP) is 2.00. The summed E-state index contributed by atoms with van der Waals surface area (Å²) in [5.74, 6) is 2.62. The normalized spacial score (nSPS) is 19.8. The maximum absolute atomic E-state index is 12.0. The summed E-state index contributed by atoms with van der Waals surface area (Å²) in [5, 5.41) is 3.51. The molecule has 1 saturated heterocycles. The predicted molar refractivity (Wildman–Crippen MR) is 99.5 cm³/mol. The smallest absolute Gasteiger partial charge is 0.241 e. The lowest BCUT2D eigenvalue weighted by molar-refractivity contribution is -0.129. The van der Waals surface area contributed by atoms with Crippen molar-refractivity contribution in [2.24, 2.45) is 0 Å². The van der Waals surface area contributed by atoms with Crippen molar-refractivity contribution in [2.75, 3.05) is 43.5 Å². The molecule has 1 aromatic carbocycles. The highest BCUT2D eigenvalue weighted by molar-refractivity contribution is 5.82. The van der Waals surface area contributed by atoms with Crippen molar-refractivity contribution in [3.63, 3.8) is 0 Å². The van der Waals surface area contributed by atoms with E-state index in [4.69, 9.17) is 4.74 Å². The number of rotatable bonds is 3. The molecule has 0 unspecified atom stereocenters. The topological polar surface area (TPSA) is 70.6 Å². The van der Waals surface area contributed by atoms with Crippen LogP contribution < -0.4 is 15.0 Å². The number of nitrogens with one attached hydrogen (secondary N) is 1. The molecule has 0 saturated carbocycles. The van der Waals surface area contributed by atoms with E-state index < -0.39 is 0 Å². The molecule has 7 heteroatoms. The van der Waals surface area contributed by atoms with Crippen LogP contribution in [-0.2, 0) is 4.79 Å². The van der Waals surface area contributed by atoms with Crippen molar-refractivity contribution in [2.45, 2.75) is 19.4 Å². The molecule has 0 spiro atoms. The average Bonchev–Trinajstić information content (AvgIpc) is 2.65. The first-order chi connectivity index (χ1) is 12.6. The second-order valence-corrected chi connectivity index (χ2v) is 6.83. The van der Waals surface area contributed by atoms with Gasteiger partial charge < -0.3 is 19.9 Å². The molecule has 1 aromatic heterocycles. The molecule has 1 fully saturated rings. The molecule has 3 heterocycles. The lowest BCUT2D eigenvalue weighted by atomic mass is 9.98. The molecule has 26 heavy (non-hydrogen) atoms. The van der Waals surface area contributed by atoms with E-state index in [-0.39, 0.29) is 11.9 Å². The number of anilines is 2. The number of benzene rings is 1. The second-order valence-electron chi connectivity index (χ2n) is 6.83. The van der Waals surface area contributed by atoms with Crippen LogP contribution in [0.2, 0.25) is 0 Å². The number of carbonyl (C=O) groups excluding carboxylic acids is 1. The third kappa shape index (κ3) is 3.16. The van der Waals surface area contributed by atoms with Crippen molar-refractivity contribution >= 4 is 17.5 Å². The van der Waals surface area contributed by atoms with Gasteiger partial charge in [0, 0.05) is 38.2 Å². The molecule has 2 aliphatic rings. The molecule has 1 atom stereocenters. The maximum Gasteiger partial charge on any atom is 0.241 e. The maximum atomic E-state index is 12.0. The zero-order valence-corrected chi connectivity index (χ0v) is 15.1. The first-order valence-electron chi connectivity index (χ1n) is 8.91. The summed E-state index contributed by atoms with van der Waals surface area (Å²) < 4.78 is 5.84. The van der Waals surface area contributed by atoms with Gasteiger partial charge in [-0.3, -0.25) is 4.79 Å². The Balaban J connectivity index is 1.54. The fraction of sp³-hybridized carbons (Fsp3) is 0.421. The quantitative estimate of drug-likeness (QED) is 0.910. The highest BCUT2D eigenvalue weighted by Crippen LogP contribution is 2.36. The fourth-order valence-corrected chi connectivity index (χ4v) is 3.46. The Bertz CT molecular complexity index is 825. The summed E-state index contributed by atoms with van der Waals surface area (Å²) >= 11 is 0. The van der Waals surface area contributed by atoms with E-state index in [1.54, 1.807) is 11.2 Å². The number of carbonyl (C=O) groups is 1. The van der Waals surface area contributed by atoms with Crippen LogP contribution in [0.3, 0.4) is 0 Å². The summed E-state index contributed by atoms with van der Waals surface area (Å²) in [6.07, 6.45) is 2.43. The summed E-state index contributed by atoms with van der Waals surface area (Å²) in [5.41, 5.74) is 2.31. The zero-order valence-electron chi connectivity index (χ0n) is 15.1. The Morgan fingerprint density at radius 3 is 3.00 bits per heavy atom. The summed E-state index contributed by atoms with van der Waals surface area (Å²) in [4.78, 5) is 24.4. The summed E-state index contributed by atoms with van der Waals surface area (Å²) in [7, 11) is 1.83. The number of likely N-dealkylation sites (N-methyl/N-ethyl adjacent to an activating group) is 1. The van der Waals surface area contributed by atoms with E-state index in [0.29, 0.717) is 19.7 Å². The van der Waals surface area contributed by atoms with Gasteiger partial charge in [0.05, 0.1) is 19.2 Å². The van der Waals surface area contributed by atoms with Crippen LogP contribution in [0, 0.1) is 6.92 Å². The van der Waals surface area contributed by atoms with Gasteiger partial charge in [0.1, 0.15) is 23.7 Å². The molecular formula is C19H23N5O2. The van der Waals surface area contributed by atoms with Crippen LogP contribution in [0.4, 0.5) is 11.6 Å². The van der Waals surface area contributed by atoms with Crippen LogP contribution in [-0.4, -0.2) is 54.1 Å². The minimum absolute atomic E-state index is 0.109. The monoisotopic (exact) mass is 353 g/mol. The number of piperazine rings is 1. The van der Waals surface area contributed by atoms with Crippen molar-refractivity contribution in [3.05, 3.63) is 41.7 Å². The number of nitrogens with zero attached hydrogens (tertiary/aromatic N) is 4. The van der Waals surface area contributed by atoms with E-state index >= 15 is 0 Å². The van der Waals surface area contributed by atoms with Gasteiger partial charge in [0.25, 0.3) is 0 Å². The lowest BCUT2D eigenvalue weighted by Crippen LogP contribution is -2.48. The minimum Gasteiger partial charge on any atom is -0.493 e. The van der Waals surface area contributed by atoms with E-state index in [0.717, 1.165) is 41.5 Å². The number of hydrogen-bond donors (Lipinski definition) is 1. The van der Waals surface area contributed by atoms with E-state index in [9.17, 15) is 4.79 Å². The van der Waals surface area contributed by atoms with E-state index in [1.165, 1.54) is 0 Å². The SMILES string of the molecule is Cc1cccc2c1OCC[C@@H]2Nc1cc(N2CCN(C)C(=O)C2)ncn1. The Morgan fingerprint density at radius 1 is 1.27 bits per heavy atom. The third-order valence-electron chi connectivity index (χ3n) is 5.03. The number of fused-ring (bicyclic) bond motifs is 1. The Labute approximate surface area is 153 Å². The van der Waals surface area contributed by atoms with Crippen molar-refractivity contribution < 1.29 is 9.53 Å². The van der Waals surface area contributed by atoms with Gasteiger partial charge in [0.15, 0.2) is 0 Å². The average molecular weight is 353 g/mol. The third-order valence-corrected chi connectivity index (χ3v) is 5.03. The number of para-hydroxylation sites is 1. The number of aryl methyl sites for hydroxylation is 1. The molecule has 2 aromatic rings. The Kier molecular flexibility index (Phi) is 4.36. The molecule has 136 valence electrons. The summed E-state index contributed by atoms with van der Waals surface area (Å²) in [6.45, 7) is 4.58. The van der Waals surface area contributed by atoms with Gasteiger partial charge in [-0.15, -0.1) is 0 Å². The molecule has 0 radical (unpaired) electrons. The van der Waals surface area contributed by atoms with Crippen LogP contribution in [0.15, 0.2) is 30.6 Å². The Morgan fingerprint density at radius 2 is 2.15 bits per heavy atom. The molecule has 0 aliphatic carbocycles. The first-order valence-corrected chi connectivity index (χ1v) is 8.91. The molecule has 1 N–H and O–H groups in total. The van der Waals surface area contributed by atoms with Crippen molar-refractivity contribution in [1.82, 2.24) is 14.9 Å². The molecule has 7 nitrogen and oxygen atoms in total. The molecule has 2 aliphatic heterocycles. The van der Waals surface area contributed by atoms with Gasteiger partial charge in [-0.1, -0.05) is 18.2 Å². The van der Waals surface area contributed by atoms with E-state index in [2.05, 4.69) is 40.4 Å². The van der Waals surface area contributed by atoms with Crippen molar-refractivity contribution in [1.29, 1.82) is 0 Å². The molecular weight excluding hydrogens is 330 g/mol. The fourth-order valence-electron chi connectivity index (χ4n) is 3.46. The standard InChI is InChI=1S/C19H23N5O2/c1-13-4-3-5-14-15(6-9-26-19(13)14)22-16-10-17(21-12-20-16)24-8-7-23(2)18(25)11-24/h3-5,10,12,15H,6-9,11H2,1-2H3,(H,20,21,22)/t15-/m0/s1. The molecule has 4 rings (SSSR count). The zero-order chi connectivity index (χ0) is 18.1. The van der Waals surface area contributed by atoms with Crippen LogP contribution in [0.5, 0.6) is 5.75 Å². The number of hydrogen-bond acceptors (Lipinski definition) is 6. The van der Waals surface area contributed by atoms with Gasteiger partial charge in [-0.25, -0.2) is 9.97 Å². The molecule has 0 bridgehead atoms. The largest absolute Gasteiger partial charge is 0.493 e. The lowest BCUT2D eigenvalue weighted by Gasteiger charge is -2.33.